The zero-order chi connectivity index (χ0) is 22.8. The summed E-state index contributed by atoms with van der Waals surface area (Å²) in [4.78, 5) is 26.1. The molecule has 2 N–H and O–H groups in total. The molecule has 1 atom stereocenters. The average molecular weight is 462 g/mol. The van der Waals surface area contributed by atoms with E-state index < -0.39 is 0 Å². The zero-order valence-electron chi connectivity index (χ0n) is 18.8. The van der Waals surface area contributed by atoms with Crippen molar-refractivity contribution in [1.29, 1.82) is 0 Å². The third kappa shape index (κ3) is 4.46. The van der Waals surface area contributed by atoms with Gasteiger partial charge in [0, 0.05) is 37.4 Å². The van der Waals surface area contributed by atoms with Crippen molar-refractivity contribution in [2.45, 2.75) is 26.3 Å². The van der Waals surface area contributed by atoms with Crippen LogP contribution in [0.15, 0.2) is 48.1 Å². The molecule has 4 aromatic heterocycles. The van der Waals surface area contributed by atoms with Crippen LogP contribution in [-0.2, 0) is 0 Å². The first-order valence-electron chi connectivity index (χ1n) is 11.3. The minimum absolute atomic E-state index is 0.103. The molecule has 1 aliphatic heterocycles. The maximum absolute atomic E-state index is 13.0. The Labute approximate surface area is 196 Å². The van der Waals surface area contributed by atoms with E-state index in [1.54, 1.807) is 22.0 Å². The molecule has 5 heterocycles. The maximum Gasteiger partial charge on any atom is 0.251 e. The van der Waals surface area contributed by atoms with Gasteiger partial charge in [0.15, 0.2) is 5.65 Å². The van der Waals surface area contributed by atoms with Gasteiger partial charge >= 0.3 is 0 Å². The molecular weight excluding hydrogens is 434 g/mol. The van der Waals surface area contributed by atoms with Crippen LogP contribution in [-0.4, -0.2) is 57.7 Å². The molecule has 9 heteroatoms. The second-order valence-corrected chi connectivity index (χ2v) is 9.17. The minimum atomic E-state index is -0.103. The highest BCUT2D eigenvalue weighted by molar-refractivity contribution is 7.13. The van der Waals surface area contributed by atoms with Crippen molar-refractivity contribution in [3.63, 3.8) is 0 Å². The maximum atomic E-state index is 13.0. The van der Waals surface area contributed by atoms with Crippen molar-refractivity contribution in [1.82, 2.24) is 30.2 Å². The molecule has 0 saturated carbocycles. The number of nitrogens with one attached hydrogen (secondary N) is 2. The van der Waals surface area contributed by atoms with E-state index in [9.17, 15) is 4.79 Å². The summed E-state index contributed by atoms with van der Waals surface area (Å²) in [5, 5.41) is 12.9. The number of fused-ring (bicyclic) bond motifs is 1. The third-order valence-electron chi connectivity index (χ3n) is 5.79. The standard InChI is InChI=1S/C24H27N7OS/c1-3-25-16(2)14-26-24(32)17-12-20(28-22(13-17)30-8-5-9-30)18-15-27-31-10-7-19(29-23(18)31)21-6-4-11-33-21/h4,6-7,10-13,15-16,25H,3,5,8-9,14H2,1-2H3,(H,26,32). The van der Waals surface area contributed by atoms with Crippen LogP contribution >= 0.6 is 11.3 Å². The second-order valence-electron chi connectivity index (χ2n) is 8.23. The number of amides is 1. The Balaban J connectivity index is 1.52. The number of aromatic nitrogens is 4. The van der Waals surface area contributed by atoms with E-state index in [4.69, 9.17) is 9.97 Å². The number of carbonyl (C=O) groups excluding carboxylic acids is 1. The van der Waals surface area contributed by atoms with Gasteiger partial charge in [0.25, 0.3) is 5.91 Å². The molecule has 1 amide bonds. The largest absolute Gasteiger partial charge is 0.356 e. The predicted molar refractivity (Wildman–Crippen MR) is 132 cm³/mol. The van der Waals surface area contributed by atoms with Crippen molar-refractivity contribution >= 4 is 28.7 Å². The lowest BCUT2D eigenvalue weighted by atomic mass is 10.1. The molecule has 0 bridgehead atoms. The van der Waals surface area contributed by atoms with Crippen molar-refractivity contribution in [3.8, 4) is 21.8 Å². The van der Waals surface area contributed by atoms with Crippen LogP contribution in [0.3, 0.4) is 0 Å². The van der Waals surface area contributed by atoms with E-state index >= 15 is 0 Å². The summed E-state index contributed by atoms with van der Waals surface area (Å²) in [5.74, 6) is 0.714. The van der Waals surface area contributed by atoms with Crippen LogP contribution in [0.25, 0.3) is 27.5 Å². The molecule has 0 aliphatic carbocycles. The summed E-state index contributed by atoms with van der Waals surface area (Å²) in [6, 6.07) is 9.96. The summed E-state index contributed by atoms with van der Waals surface area (Å²) >= 11 is 1.65. The quantitative estimate of drug-likeness (QED) is 0.418. The van der Waals surface area contributed by atoms with E-state index in [2.05, 4.69) is 40.5 Å². The topological polar surface area (TPSA) is 87.4 Å². The smallest absolute Gasteiger partial charge is 0.251 e. The van der Waals surface area contributed by atoms with Crippen molar-refractivity contribution in [2.24, 2.45) is 0 Å². The predicted octanol–water partition coefficient (Wildman–Crippen LogP) is 3.46. The van der Waals surface area contributed by atoms with E-state index in [1.165, 1.54) is 0 Å². The molecule has 4 aromatic rings. The molecule has 0 radical (unpaired) electrons. The fourth-order valence-electron chi connectivity index (χ4n) is 3.87. The van der Waals surface area contributed by atoms with Gasteiger partial charge in [0.2, 0.25) is 0 Å². The minimum Gasteiger partial charge on any atom is -0.356 e. The van der Waals surface area contributed by atoms with Crippen molar-refractivity contribution < 1.29 is 4.79 Å². The molecular formula is C24H27N7OS. The summed E-state index contributed by atoms with van der Waals surface area (Å²) in [7, 11) is 0. The number of hydrogen-bond acceptors (Lipinski definition) is 7. The van der Waals surface area contributed by atoms with Gasteiger partial charge in [-0.1, -0.05) is 13.0 Å². The molecule has 1 unspecified atom stereocenters. The van der Waals surface area contributed by atoms with Gasteiger partial charge in [-0.2, -0.15) is 5.10 Å². The number of hydrogen-bond donors (Lipinski definition) is 2. The number of rotatable bonds is 8. The lowest BCUT2D eigenvalue weighted by Gasteiger charge is -2.32. The molecule has 0 aromatic carbocycles. The Bertz CT molecular complexity index is 1260. The number of anilines is 1. The van der Waals surface area contributed by atoms with Gasteiger partial charge < -0.3 is 15.5 Å². The number of thiophene rings is 1. The Morgan fingerprint density at radius 2 is 2.09 bits per heavy atom. The van der Waals surface area contributed by atoms with E-state index in [0.717, 1.165) is 53.7 Å². The molecule has 1 fully saturated rings. The van der Waals surface area contributed by atoms with Gasteiger partial charge in [-0.15, -0.1) is 11.3 Å². The van der Waals surface area contributed by atoms with Gasteiger partial charge in [-0.25, -0.2) is 14.5 Å². The van der Waals surface area contributed by atoms with E-state index in [-0.39, 0.29) is 11.9 Å². The van der Waals surface area contributed by atoms with E-state index in [1.807, 2.05) is 35.8 Å². The third-order valence-corrected chi connectivity index (χ3v) is 6.69. The fraction of sp³-hybridized carbons (Fsp3) is 0.333. The molecule has 5 rings (SSSR count). The molecule has 8 nitrogen and oxygen atoms in total. The first-order valence-corrected chi connectivity index (χ1v) is 12.2. The molecule has 1 saturated heterocycles. The first kappa shape index (κ1) is 21.5. The molecule has 170 valence electrons. The highest BCUT2D eigenvalue weighted by atomic mass is 32.1. The monoisotopic (exact) mass is 461 g/mol. The SMILES string of the molecule is CCNC(C)CNC(=O)c1cc(-c2cnn3ccc(-c4cccs4)nc23)nc(N2CCC2)c1. The van der Waals surface area contributed by atoms with Crippen LogP contribution in [0.4, 0.5) is 5.82 Å². The Kier molecular flexibility index (Phi) is 6.06. The first-order chi connectivity index (χ1) is 16.1. The van der Waals surface area contributed by atoms with Crippen LogP contribution in [0.1, 0.15) is 30.6 Å². The number of nitrogens with zero attached hydrogens (tertiary/aromatic N) is 5. The Hall–Kier alpha value is -3.30. The molecule has 33 heavy (non-hydrogen) atoms. The summed E-state index contributed by atoms with van der Waals surface area (Å²) in [6.07, 6.45) is 4.82. The fourth-order valence-corrected chi connectivity index (χ4v) is 4.57. The van der Waals surface area contributed by atoms with Gasteiger partial charge in [0.05, 0.1) is 28.0 Å². The average Bonchev–Trinajstić information content (AvgIpc) is 3.46. The van der Waals surface area contributed by atoms with Gasteiger partial charge in [0.1, 0.15) is 5.82 Å². The zero-order valence-corrected chi connectivity index (χ0v) is 19.6. The van der Waals surface area contributed by atoms with Crippen LogP contribution in [0.2, 0.25) is 0 Å². The number of likely N-dealkylation sites (N-methyl/N-ethyl adjacent to an activating group) is 1. The highest BCUT2D eigenvalue weighted by Crippen LogP contribution is 2.30. The van der Waals surface area contributed by atoms with Crippen molar-refractivity contribution in [3.05, 3.63) is 53.7 Å². The Morgan fingerprint density at radius 1 is 1.21 bits per heavy atom. The number of pyridine rings is 1. The summed E-state index contributed by atoms with van der Waals surface area (Å²) < 4.78 is 1.75. The lowest BCUT2D eigenvalue weighted by Crippen LogP contribution is -2.39. The summed E-state index contributed by atoms with van der Waals surface area (Å²) in [5.41, 5.74) is 3.73. The normalized spacial score (nSPS) is 14.3. The van der Waals surface area contributed by atoms with Crippen LogP contribution in [0.5, 0.6) is 0 Å². The molecule has 0 spiro atoms. The van der Waals surface area contributed by atoms with Gasteiger partial charge in [-0.05, 0) is 49.5 Å². The second kappa shape index (κ2) is 9.29. The lowest BCUT2D eigenvalue weighted by molar-refractivity contribution is 0.0950. The van der Waals surface area contributed by atoms with Crippen LogP contribution in [0, 0.1) is 0 Å². The summed E-state index contributed by atoms with van der Waals surface area (Å²) in [6.45, 7) is 7.44. The van der Waals surface area contributed by atoms with Crippen LogP contribution < -0.4 is 15.5 Å². The van der Waals surface area contributed by atoms with Gasteiger partial charge in [-0.3, -0.25) is 4.79 Å². The Morgan fingerprint density at radius 3 is 2.82 bits per heavy atom. The molecule has 1 aliphatic rings. The van der Waals surface area contributed by atoms with Crippen molar-refractivity contribution in [2.75, 3.05) is 31.1 Å². The van der Waals surface area contributed by atoms with E-state index in [0.29, 0.717) is 17.8 Å². The highest BCUT2D eigenvalue weighted by Gasteiger charge is 2.21. The number of carbonyl (C=O) groups is 1.